The fourth-order valence-corrected chi connectivity index (χ4v) is 2.93. The summed E-state index contributed by atoms with van der Waals surface area (Å²) in [6, 6.07) is 21.0. The van der Waals surface area contributed by atoms with E-state index < -0.39 is 0 Å². The van der Waals surface area contributed by atoms with Crippen molar-refractivity contribution in [2.24, 2.45) is 0 Å². The molecule has 1 aliphatic heterocycles. The molecule has 0 saturated heterocycles. The van der Waals surface area contributed by atoms with E-state index in [2.05, 4.69) is 64.5 Å². The van der Waals surface area contributed by atoms with Crippen LogP contribution in [0.3, 0.4) is 0 Å². The van der Waals surface area contributed by atoms with E-state index in [1.54, 1.807) is 0 Å². The van der Waals surface area contributed by atoms with Crippen LogP contribution in [0.5, 0.6) is 0 Å². The second-order valence-corrected chi connectivity index (χ2v) is 5.30. The second-order valence-electron chi connectivity index (χ2n) is 5.30. The Balaban J connectivity index is 1.96. The number of benzene rings is 2. The topological polar surface area (TPSA) is 29.9 Å². The molecule has 0 unspecified atom stereocenters. The zero-order valence-electron chi connectivity index (χ0n) is 11.8. The van der Waals surface area contributed by atoms with Crippen molar-refractivity contribution in [3.63, 3.8) is 0 Å². The van der Waals surface area contributed by atoms with Gasteiger partial charge in [0.25, 0.3) is 0 Å². The van der Waals surface area contributed by atoms with Crippen LogP contribution in [0.15, 0.2) is 60.7 Å². The van der Waals surface area contributed by atoms with Crippen LogP contribution < -0.4 is 5.32 Å². The lowest BCUT2D eigenvalue weighted by Crippen LogP contribution is -2.17. The van der Waals surface area contributed by atoms with Crippen molar-refractivity contribution in [3.8, 4) is 22.5 Å². The van der Waals surface area contributed by atoms with E-state index >= 15 is 0 Å². The maximum absolute atomic E-state index is 4.85. The third kappa shape index (κ3) is 2.11. The average molecular weight is 275 g/mol. The molecule has 0 atom stereocenters. The summed E-state index contributed by atoms with van der Waals surface area (Å²) in [7, 11) is 0. The highest BCUT2D eigenvalue weighted by atomic mass is 15.2. The van der Waals surface area contributed by atoms with E-state index in [9.17, 15) is 0 Å². The van der Waals surface area contributed by atoms with Crippen LogP contribution in [-0.4, -0.2) is 16.1 Å². The first-order valence-electron chi connectivity index (χ1n) is 7.39. The van der Waals surface area contributed by atoms with Crippen molar-refractivity contribution in [2.75, 3.05) is 11.9 Å². The fourth-order valence-electron chi connectivity index (χ4n) is 2.93. The second kappa shape index (κ2) is 5.09. The summed E-state index contributed by atoms with van der Waals surface area (Å²) in [4.78, 5) is 4.85. The molecule has 0 amide bonds. The zero-order valence-corrected chi connectivity index (χ0v) is 11.8. The molecule has 3 nitrogen and oxygen atoms in total. The van der Waals surface area contributed by atoms with Gasteiger partial charge in [-0.1, -0.05) is 60.7 Å². The van der Waals surface area contributed by atoms with Crippen molar-refractivity contribution in [3.05, 3.63) is 60.7 Å². The molecule has 104 valence electrons. The van der Waals surface area contributed by atoms with Crippen LogP contribution in [0.1, 0.15) is 6.42 Å². The van der Waals surface area contributed by atoms with Gasteiger partial charge in [0.1, 0.15) is 0 Å². The maximum Gasteiger partial charge on any atom is 0.203 e. The number of nitrogens with one attached hydrogen (secondary N) is 1. The predicted octanol–water partition coefficient (Wildman–Crippen LogP) is 4.03. The first-order valence-corrected chi connectivity index (χ1v) is 7.39. The van der Waals surface area contributed by atoms with Crippen molar-refractivity contribution in [1.29, 1.82) is 0 Å². The molecule has 3 heteroatoms. The SMILES string of the molecule is c1ccc(-c2nc3n(c2-c2ccccc2)CCCN3)cc1. The molecule has 2 aromatic carbocycles. The van der Waals surface area contributed by atoms with Gasteiger partial charge in [-0.2, -0.15) is 0 Å². The third-order valence-corrected chi connectivity index (χ3v) is 3.90. The summed E-state index contributed by atoms with van der Waals surface area (Å²) in [5.41, 5.74) is 4.66. The maximum atomic E-state index is 4.85. The number of hydrogen-bond donors (Lipinski definition) is 1. The van der Waals surface area contributed by atoms with Gasteiger partial charge in [-0.25, -0.2) is 4.98 Å². The van der Waals surface area contributed by atoms with Gasteiger partial charge in [-0.15, -0.1) is 0 Å². The molecule has 0 spiro atoms. The Hall–Kier alpha value is -2.55. The molecule has 1 N–H and O–H groups in total. The Labute approximate surface area is 124 Å². The van der Waals surface area contributed by atoms with Crippen molar-refractivity contribution in [2.45, 2.75) is 13.0 Å². The van der Waals surface area contributed by atoms with Gasteiger partial charge in [0.2, 0.25) is 5.95 Å². The number of fused-ring (bicyclic) bond motifs is 1. The van der Waals surface area contributed by atoms with E-state index in [1.165, 1.54) is 16.8 Å². The number of nitrogens with zero attached hydrogens (tertiary/aromatic N) is 2. The van der Waals surface area contributed by atoms with Gasteiger partial charge in [0.15, 0.2) is 0 Å². The molecule has 0 saturated carbocycles. The first kappa shape index (κ1) is 12.2. The van der Waals surface area contributed by atoms with Gasteiger partial charge < -0.3 is 9.88 Å². The van der Waals surface area contributed by atoms with E-state index in [-0.39, 0.29) is 0 Å². The van der Waals surface area contributed by atoms with E-state index in [1.807, 2.05) is 6.07 Å². The smallest absolute Gasteiger partial charge is 0.203 e. The molecular weight excluding hydrogens is 258 g/mol. The summed E-state index contributed by atoms with van der Waals surface area (Å²) in [6.45, 7) is 2.02. The van der Waals surface area contributed by atoms with E-state index in [0.717, 1.165) is 31.2 Å². The highest BCUT2D eigenvalue weighted by Crippen LogP contribution is 2.35. The molecule has 21 heavy (non-hydrogen) atoms. The Kier molecular flexibility index (Phi) is 2.96. The number of hydrogen-bond acceptors (Lipinski definition) is 2. The molecule has 0 radical (unpaired) electrons. The van der Waals surface area contributed by atoms with E-state index in [4.69, 9.17) is 4.98 Å². The van der Waals surface area contributed by atoms with Gasteiger partial charge in [-0.05, 0) is 6.42 Å². The van der Waals surface area contributed by atoms with Gasteiger partial charge >= 0.3 is 0 Å². The summed E-state index contributed by atoms with van der Waals surface area (Å²) in [5, 5.41) is 3.41. The monoisotopic (exact) mass is 275 g/mol. The molecule has 3 aromatic rings. The summed E-state index contributed by atoms with van der Waals surface area (Å²) in [5.74, 6) is 0.985. The summed E-state index contributed by atoms with van der Waals surface area (Å²) in [6.07, 6.45) is 1.14. The largest absolute Gasteiger partial charge is 0.356 e. The normalized spacial score (nSPS) is 13.5. The number of imidazole rings is 1. The molecule has 4 rings (SSSR count). The van der Waals surface area contributed by atoms with Crippen LogP contribution in [0.2, 0.25) is 0 Å². The lowest BCUT2D eigenvalue weighted by atomic mass is 10.0. The van der Waals surface area contributed by atoms with Gasteiger partial charge in [-0.3, -0.25) is 0 Å². The summed E-state index contributed by atoms with van der Waals surface area (Å²) >= 11 is 0. The van der Waals surface area contributed by atoms with Gasteiger partial charge in [0, 0.05) is 24.2 Å². The number of rotatable bonds is 2. The minimum Gasteiger partial charge on any atom is -0.356 e. The van der Waals surface area contributed by atoms with Crippen LogP contribution >= 0.6 is 0 Å². The standard InChI is InChI=1S/C18H17N3/c1-3-8-14(9-4-1)16-17(15-10-5-2-6-11-15)21-13-7-12-19-18(21)20-16/h1-6,8-11H,7,12-13H2,(H,19,20). The quantitative estimate of drug-likeness (QED) is 0.765. The molecule has 1 aliphatic rings. The Morgan fingerprint density at radius 1 is 0.857 bits per heavy atom. The minimum atomic E-state index is 0.985. The lowest BCUT2D eigenvalue weighted by Gasteiger charge is -2.18. The zero-order chi connectivity index (χ0) is 14.1. The highest BCUT2D eigenvalue weighted by Gasteiger charge is 2.21. The van der Waals surface area contributed by atoms with Crippen molar-refractivity contribution in [1.82, 2.24) is 9.55 Å². The minimum absolute atomic E-state index is 0.985. The Morgan fingerprint density at radius 3 is 2.24 bits per heavy atom. The van der Waals surface area contributed by atoms with Crippen LogP contribution in [0, 0.1) is 0 Å². The number of anilines is 1. The number of aromatic nitrogens is 2. The highest BCUT2D eigenvalue weighted by molar-refractivity contribution is 5.81. The molecule has 0 aliphatic carbocycles. The molecule has 2 heterocycles. The fraction of sp³-hybridized carbons (Fsp3) is 0.167. The molecule has 1 aromatic heterocycles. The lowest BCUT2D eigenvalue weighted by molar-refractivity contribution is 0.632. The van der Waals surface area contributed by atoms with Gasteiger partial charge in [0.05, 0.1) is 11.4 Å². The Morgan fingerprint density at radius 2 is 1.52 bits per heavy atom. The van der Waals surface area contributed by atoms with Crippen molar-refractivity contribution < 1.29 is 0 Å². The first-order chi connectivity index (χ1) is 10.4. The van der Waals surface area contributed by atoms with Crippen LogP contribution in [-0.2, 0) is 6.54 Å². The van der Waals surface area contributed by atoms with Crippen molar-refractivity contribution >= 4 is 5.95 Å². The predicted molar refractivity (Wildman–Crippen MR) is 86.2 cm³/mol. The average Bonchev–Trinajstić information content (AvgIpc) is 2.96. The molecule has 0 fully saturated rings. The van der Waals surface area contributed by atoms with E-state index in [0.29, 0.717) is 0 Å². The van der Waals surface area contributed by atoms with Crippen LogP contribution in [0.25, 0.3) is 22.5 Å². The Bertz CT molecular complexity index is 745. The summed E-state index contributed by atoms with van der Waals surface area (Å²) < 4.78 is 2.31. The third-order valence-electron chi connectivity index (χ3n) is 3.90. The molecule has 0 bridgehead atoms. The molecular formula is C18H17N3. The van der Waals surface area contributed by atoms with Crippen LogP contribution in [0.4, 0.5) is 5.95 Å².